The molecule has 0 bridgehead atoms. The van der Waals surface area contributed by atoms with Crippen LogP contribution < -0.4 is 5.32 Å². The molecule has 0 spiro atoms. The first-order valence-electron chi connectivity index (χ1n) is 6.34. The molecule has 1 heterocycles. The van der Waals surface area contributed by atoms with Crippen molar-refractivity contribution in [1.82, 2.24) is 5.32 Å². The third-order valence-electron chi connectivity index (χ3n) is 3.76. The third-order valence-corrected chi connectivity index (χ3v) is 3.76. The fourth-order valence-corrected chi connectivity index (χ4v) is 2.40. The second-order valence-electron chi connectivity index (χ2n) is 5.26. The summed E-state index contributed by atoms with van der Waals surface area (Å²) in [6, 6.07) is 4.02. The minimum Gasteiger partial charge on any atom is -0.459 e. The lowest BCUT2D eigenvalue weighted by Gasteiger charge is -2.34. The molecule has 0 atom stereocenters. The molecule has 1 fully saturated rings. The van der Waals surface area contributed by atoms with E-state index in [0.29, 0.717) is 11.7 Å². The number of furan rings is 1. The van der Waals surface area contributed by atoms with E-state index in [9.17, 15) is 10.1 Å². The smallest absolute Gasteiger partial charge is 0.288 e. The highest BCUT2D eigenvalue weighted by molar-refractivity contribution is 5.93. The highest BCUT2D eigenvalue weighted by Gasteiger charge is 2.36. The van der Waals surface area contributed by atoms with Crippen LogP contribution in [0.1, 0.15) is 48.7 Å². The quantitative estimate of drug-likeness (QED) is 0.872. The first-order valence-corrected chi connectivity index (χ1v) is 6.34. The second kappa shape index (κ2) is 4.85. The predicted octanol–water partition coefficient (Wildman–Crippen LogP) is 2.79. The minimum absolute atomic E-state index is 0.284. The molecule has 0 aromatic carbocycles. The van der Waals surface area contributed by atoms with Crippen LogP contribution in [0, 0.1) is 24.2 Å². The van der Waals surface area contributed by atoms with Crippen LogP contribution in [-0.4, -0.2) is 11.4 Å². The zero-order chi connectivity index (χ0) is 13.2. The Hall–Kier alpha value is -1.76. The second-order valence-corrected chi connectivity index (χ2v) is 5.26. The van der Waals surface area contributed by atoms with Gasteiger partial charge in [0.15, 0.2) is 5.76 Å². The van der Waals surface area contributed by atoms with Gasteiger partial charge in [-0.25, -0.2) is 0 Å². The van der Waals surface area contributed by atoms with E-state index in [1.54, 1.807) is 6.07 Å². The summed E-state index contributed by atoms with van der Waals surface area (Å²) in [5, 5.41) is 12.2. The molecule has 1 aromatic heterocycles. The highest BCUT2D eigenvalue weighted by Crippen LogP contribution is 2.31. The van der Waals surface area contributed by atoms with Crippen LogP contribution in [0.25, 0.3) is 0 Å². The van der Waals surface area contributed by atoms with Crippen molar-refractivity contribution in [2.75, 3.05) is 0 Å². The lowest BCUT2D eigenvalue weighted by molar-refractivity contribution is 0.0864. The topological polar surface area (TPSA) is 66.0 Å². The van der Waals surface area contributed by atoms with E-state index >= 15 is 0 Å². The standard InChI is InChI=1S/C14H18N2O2/c1-10-3-6-14(9-15,7-4-10)16-13(17)12-11(2)5-8-18-12/h5,8,10H,3-4,6-7H2,1-2H3,(H,16,17). The van der Waals surface area contributed by atoms with Crippen molar-refractivity contribution >= 4 is 5.91 Å². The zero-order valence-corrected chi connectivity index (χ0v) is 10.8. The summed E-state index contributed by atoms with van der Waals surface area (Å²) in [6.07, 6.45) is 4.88. The van der Waals surface area contributed by atoms with Gasteiger partial charge in [-0.15, -0.1) is 0 Å². The summed E-state index contributed by atoms with van der Waals surface area (Å²) in [6.45, 7) is 4.00. The first-order chi connectivity index (χ1) is 8.56. The Bertz CT molecular complexity index is 476. The molecule has 1 amide bonds. The summed E-state index contributed by atoms with van der Waals surface area (Å²) in [4.78, 5) is 12.1. The van der Waals surface area contributed by atoms with E-state index in [2.05, 4.69) is 18.3 Å². The molecule has 0 aliphatic heterocycles. The van der Waals surface area contributed by atoms with Crippen LogP contribution in [0.3, 0.4) is 0 Å². The van der Waals surface area contributed by atoms with Gasteiger partial charge in [-0.1, -0.05) is 6.92 Å². The number of nitrogens with one attached hydrogen (secondary N) is 1. The number of carbonyl (C=O) groups is 1. The Balaban J connectivity index is 2.10. The van der Waals surface area contributed by atoms with E-state index in [1.807, 2.05) is 6.92 Å². The molecule has 1 aliphatic rings. The van der Waals surface area contributed by atoms with Crippen LogP contribution in [0.5, 0.6) is 0 Å². The van der Waals surface area contributed by atoms with Gasteiger partial charge in [-0.2, -0.15) is 5.26 Å². The SMILES string of the molecule is Cc1ccoc1C(=O)NC1(C#N)CCC(C)CC1. The molecule has 1 aliphatic carbocycles. The lowest BCUT2D eigenvalue weighted by Crippen LogP contribution is -2.49. The van der Waals surface area contributed by atoms with Crippen molar-refractivity contribution in [3.8, 4) is 6.07 Å². The molecule has 4 heteroatoms. The number of rotatable bonds is 2. The Labute approximate surface area is 107 Å². The van der Waals surface area contributed by atoms with E-state index < -0.39 is 5.54 Å². The number of aryl methyl sites for hydroxylation is 1. The van der Waals surface area contributed by atoms with Gasteiger partial charge >= 0.3 is 0 Å². The van der Waals surface area contributed by atoms with Crippen LogP contribution in [0.15, 0.2) is 16.7 Å². The number of nitrogens with zero attached hydrogens (tertiary/aromatic N) is 1. The Morgan fingerprint density at radius 2 is 2.22 bits per heavy atom. The van der Waals surface area contributed by atoms with E-state index in [0.717, 1.165) is 31.2 Å². The van der Waals surface area contributed by atoms with Crippen LogP contribution in [0.2, 0.25) is 0 Å². The van der Waals surface area contributed by atoms with Crippen molar-refractivity contribution in [1.29, 1.82) is 5.26 Å². The van der Waals surface area contributed by atoms with E-state index in [4.69, 9.17) is 4.42 Å². The monoisotopic (exact) mass is 246 g/mol. The van der Waals surface area contributed by atoms with Crippen molar-refractivity contribution in [2.24, 2.45) is 5.92 Å². The molecule has 0 radical (unpaired) electrons. The molecular weight excluding hydrogens is 228 g/mol. The molecule has 0 saturated heterocycles. The molecule has 1 saturated carbocycles. The average molecular weight is 246 g/mol. The van der Waals surface area contributed by atoms with Gasteiger partial charge in [-0.05, 0) is 44.6 Å². The number of amides is 1. The predicted molar refractivity (Wildman–Crippen MR) is 66.9 cm³/mol. The Kier molecular flexibility index (Phi) is 3.42. The first kappa shape index (κ1) is 12.7. The summed E-state index contributed by atoms with van der Waals surface area (Å²) in [5.74, 6) is 0.658. The fourth-order valence-electron chi connectivity index (χ4n) is 2.40. The van der Waals surface area contributed by atoms with Crippen molar-refractivity contribution in [3.63, 3.8) is 0 Å². The summed E-state index contributed by atoms with van der Waals surface area (Å²) < 4.78 is 5.16. The highest BCUT2D eigenvalue weighted by atomic mass is 16.3. The van der Waals surface area contributed by atoms with E-state index in [-0.39, 0.29) is 5.91 Å². The largest absolute Gasteiger partial charge is 0.459 e. The Morgan fingerprint density at radius 3 is 2.72 bits per heavy atom. The summed E-state index contributed by atoms with van der Waals surface area (Å²) in [5.41, 5.74) is 0.0767. The van der Waals surface area contributed by atoms with Crippen LogP contribution in [0.4, 0.5) is 0 Å². The Morgan fingerprint density at radius 1 is 1.56 bits per heavy atom. The maximum Gasteiger partial charge on any atom is 0.288 e. The summed E-state index contributed by atoms with van der Waals surface area (Å²) >= 11 is 0. The number of hydrogen-bond acceptors (Lipinski definition) is 3. The van der Waals surface area contributed by atoms with Gasteiger partial charge in [0.05, 0.1) is 12.3 Å². The van der Waals surface area contributed by atoms with Crippen molar-refractivity contribution in [2.45, 2.75) is 45.1 Å². The molecule has 18 heavy (non-hydrogen) atoms. The maximum atomic E-state index is 12.1. The normalized spacial score (nSPS) is 27.5. The number of carbonyl (C=O) groups excluding carboxylic acids is 1. The maximum absolute atomic E-state index is 12.1. The fraction of sp³-hybridized carbons (Fsp3) is 0.571. The molecule has 1 N–H and O–H groups in total. The van der Waals surface area contributed by atoms with Gasteiger partial charge in [0, 0.05) is 5.56 Å². The van der Waals surface area contributed by atoms with Crippen molar-refractivity contribution in [3.05, 3.63) is 23.7 Å². The van der Waals surface area contributed by atoms with Crippen molar-refractivity contribution < 1.29 is 9.21 Å². The number of hydrogen-bond donors (Lipinski definition) is 1. The lowest BCUT2D eigenvalue weighted by atomic mass is 9.78. The number of nitriles is 1. The molecular formula is C14H18N2O2. The minimum atomic E-state index is -0.719. The summed E-state index contributed by atoms with van der Waals surface area (Å²) in [7, 11) is 0. The molecule has 4 nitrogen and oxygen atoms in total. The molecule has 1 aromatic rings. The molecule has 96 valence electrons. The molecule has 0 unspecified atom stereocenters. The van der Waals surface area contributed by atoms with Crippen LogP contribution in [-0.2, 0) is 0 Å². The average Bonchev–Trinajstić information content (AvgIpc) is 2.79. The van der Waals surface area contributed by atoms with E-state index in [1.165, 1.54) is 6.26 Å². The third kappa shape index (κ3) is 2.40. The van der Waals surface area contributed by atoms with Gasteiger partial charge in [-0.3, -0.25) is 4.79 Å². The van der Waals surface area contributed by atoms with Gasteiger partial charge in [0.2, 0.25) is 0 Å². The van der Waals surface area contributed by atoms with Gasteiger partial charge in [0.1, 0.15) is 5.54 Å². The zero-order valence-electron chi connectivity index (χ0n) is 10.8. The van der Waals surface area contributed by atoms with Crippen LogP contribution >= 0.6 is 0 Å². The van der Waals surface area contributed by atoms with Gasteiger partial charge in [0.25, 0.3) is 5.91 Å². The molecule has 2 rings (SSSR count). The van der Waals surface area contributed by atoms with Gasteiger partial charge < -0.3 is 9.73 Å².